The Labute approximate surface area is 188 Å². The Morgan fingerprint density at radius 1 is 1.12 bits per heavy atom. The van der Waals surface area contributed by atoms with Gasteiger partial charge >= 0.3 is 0 Å². The zero-order chi connectivity index (χ0) is 22.2. The molecule has 2 saturated heterocycles. The largest absolute Gasteiger partial charge is 0.454 e. The molecule has 6 nitrogen and oxygen atoms in total. The molecule has 1 amide bonds. The third-order valence-electron chi connectivity index (χ3n) is 7.48. The van der Waals surface area contributed by atoms with E-state index < -0.39 is 5.41 Å². The number of fused-ring (bicyclic) bond motifs is 5. The van der Waals surface area contributed by atoms with Crippen LogP contribution in [0.1, 0.15) is 42.4 Å². The fourth-order valence-corrected chi connectivity index (χ4v) is 6.11. The van der Waals surface area contributed by atoms with Crippen LogP contribution in [0.25, 0.3) is 0 Å². The second kappa shape index (κ2) is 6.75. The molecular weight excluding hydrogens is 404 g/mol. The van der Waals surface area contributed by atoms with Crippen molar-refractivity contribution in [1.29, 1.82) is 0 Å². The van der Waals surface area contributed by atoms with Crippen molar-refractivity contribution >= 4 is 11.6 Å². The van der Waals surface area contributed by atoms with E-state index in [1.807, 2.05) is 29.2 Å². The number of aryl methyl sites for hydroxylation is 1. The molecule has 6 heteroatoms. The summed E-state index contributed by atoms with van der Waals surface area (Å²) in [5.74, 6) is 1.43. The highest BCUT2D eigenvalue weighted by molar-refractivity contribution is 6.09. The molecule has 3 atom stereocenters. The van der Waals surface area contributed by atoms with Crippen molar-refractivity contribution in [2.75, 3.05) is 18.3 Å². The molecule has 4 aliphatic rings. The molecule has 2 fully saturated rings. The van der Waals surface area contributed by atoms with E-state index in [-0.39, 0.29) is 24.7 Å². The second-order valence-electron chi connectivity index (χ2n) is 9.51. The summed E-state index contributed by atoms with van der Waals surface area (Å²) in [4.78, 5) is 16.1. The number of para-hydroxylation sites is 1. The smallest absolute Gasteiger partial charge is 0.241 e. The average molecular weight is 433 g/mol. The normalized spacial score (nSPS) is 27.8. The summed E-state index contributed by atoms with van der Waals surface area (Å²) >= 11 is 0. The number of hydrogen-bond donors (Lipinski definition) is 0. The SMILES string of the molecule is Cc1cc(CN2C(=O)C3(COC4C=C5OCOC5=CC43)c3ccccc32)c(C)n1C(C)C. The van der Waals surface area contributed by atoms with Crippen molar-refractivity contribution in [2.45, 2.75) is 51.8 Å². The first kappa shape index (κ1) is 19.7. The number of carbonyl (C=O) groups is 1. The lowest BCUT2D eigenvalue weighted by atomic mass is 9.70. The van der Waals surface area contributed by atoms with Gasteiger partial charge in [-0.05, 0) is 63.1 Å². The molecule has 0 N–H and O–H groups in total. The Balaban J connectivity index is 1.43. The molecule has 1 spiro atoms. The fraction of sp³-hybridized carbons (Fsp3) is 0.423. The van der Waals surface area contributed by atoms with Crippen LogP contribution in [0.3, 0.4) is 0 Å². The third kappa shape index (κ3) is 2.47. The van der Waals surface area contributed by atoms with E-state index in [2.05, 4.69) is 50.5 Å². The zero-order valence-corrected chi connectivity index (χ0v) is 18.9. The minimum absolute atomic E-state index is 0.105. The lowest BCUT2D eigenvalue weighted by Gasteiger charge is -2.30. The highest BCUT2D eigenvalue weighted by Crippen LogP contribution is 2.54. The molecule has 1 aliphatic carbocycles. The molecule has 0 radical (unpaired) electrons. The van der Waals surface area contributed by atoms with E-state index in [0.717, 1.165) is 22.8 Å². The van der Waals surface area contributed by atoms with Gasteiger partial charge in [-0.1, -0.05) is 18.2 Å². The van der Waals surface area contributed by atoms with Crippen LogP contribution >= 0.6 is 0 Å². The van der Waals surface area contributed by atoms with Crippen molar-refractivity contribution in [2.24, 2.45) is 5.92 Å². The number of ether oxygens (including phenoxy) is 3. The van der Waals surface area contributed by atoms with Gasteiger partial charge in [0.15, 0.2) is 11.5 Å². The summed E-state index contributed by atoms with van der Waals surface area (Å²) in [6.45, 7) is 9.79. The number of benzene rings is 1. The number of nitrogens with zero attached hydrogens (tertiary/aromatic N) is 2. The van der Waals surface area contributed by atoms with E-state index in [1.54, 1.807) is 0 Å². The van der Waals surface area contributed by atoms with Crippen molar-refractivity contribution in [3.05, 3.63) is 76.5 Å². The summed E-state index contributed by atoms with van der Waals surface area (Å²) in [5, 5.41) is 0. The number of carbonyl (C=O) groups excluding carboxylic acids is 1. The Kier molecular flexibility index (Phi) is 4.15. The summed E-state index contributed by atoms with van der Waals surface area (Å²) in [6.07, 6.45) is 3.82. The van der Waals surface area contributed by atoms with Gasteiger partial charge in [0.25, 0.3) is 0 Å². The van der Waals surface area contributed by atoms with Crippen LogP contribution in [-0.4, -0.2) is 30.0 Å². The summed E-state index contributed by atoms with van der Waals surface area (Å²) in [6, 6.07) is 10.8. The van der Waals surface area contributed by atoms with E-state index >= 15 is 0 Å². The molecule has 32 heavy (non-hydrogen) atoms. The van der Waals surface area contributed by atoms with Crippen LogP contribution in [0.4, 0.5) is 5.69 Å². The summed E-state index contributed by atoms with van der Waals surface area (Å²) in [7, 11) is 0. The minimum atomic E-state index is -0.744. The first-order valence-electron chi connectivity index (χ1n) is 11.3. The molecule has 3 unspecified atom stereocenters. The van der Waals surface area contributed by atoms with Crippen LogP contribution in [0.2, 0.25) is 0 Å². The van der Waals surface area contributed by atoms with Crippen molar-refractivity contribution in [3.8, 4) is 0 Å². The van der Waals surface area contributed by atoms with Gasteiger partial charge in [-0.3, -0.25) is 4.79 Å². The van der Waals surface area contributed by atoms with Crippen LogP contribution in [-0.2, 0) is 31.0 Å². The van der Waals surface area contributed by atoms with Gasteiger partial charge in [-0.2, -0.15) is 0 Å². The van der Waals surface area contributed by atoms with Crippen molar-refractivity contribution < 1.29 is 19.0 Å². The number of rotatable bonds is 3. The molecule has 1 aromatic carbocycles. The molecule has 4 heterocycles. The molecular formula is C26H28N2O4. The molecule has 0 saturated carbocycles. The predicted octanol–water partition coefficient (Wildman–Crippen LogP) is 4.27. The maximum absolute atomic E-state index is 14.2. The zero-order valence-electron chi connectivity index (χ0n) is 18.9. The Bertz CT molecular complexity index is 1190. The molecule has 1 aromatic heterocycles. The molecule has 0 bridgehead atoms. The number of aromatic nitrogens is 1. The lowest BCUT2D eigenvalue weighted by molar-refractivity contribution is -0.124. The molecule has 2 aromatic rings. The van der Waals surface area contributed by atoms with Gasteiger partial charge in [-0.15, -0.1) is 0 Å². The molecule has 166 valence electrons. The monoisotopic (exact) mass is 432 g/mol. The average Bonchev–Trinajstić information content (AvgIpc) is 3.49. The van der Waals surface area contributed by atoms with Gasteiger partial charge < -0.3 is 23.7 Å². The van der Waals surface area contributed by atoms with E-state index in [9.17, 15) is 4.79 Å². The number of hydrogen-bond acceptors (Lipinski definition) is 4. The van der Waals surface area contributed by atoms with Crippen LogP contribution in [0, 0.1) is 19.8 Å². The maximum Gasteiger partial charge on any atom is 0.241 e. The topological polar surface area (TPSA) is 52.9 Å². The summed E-state index contributed by atoms with van der Waals surface area (Å²) < 4.78 is 19.7. The quantitative estimate of drug-likeness (QED) is 0.727. The van der Waals surface area contributed by atoms with Gasteiger partial charge in [0.2, 0.25) is 12.7 Å². The fourth-order valence-electron chi connectivity index (χ4n) is 6.11. The van der Waals surface area contributed by atoms with E-state index in [1.165, 1.54) is 17.0 Å². The predicted molar refractivity (Wildman–Crippen MR) is 120 cm³/mol. The maximum atomic E-state index is 14.2. The molecule has 3 aliphatic heterocycles. The highest BCUT2D eigenvalue weighted by atomic mass is 16.7. The van der Waals surface area contributed by atoms with Gasteiger partial charge in [-0.25, -0.2) is 0 Å². The van der Waals surface area contributed by atoms with E-state index in [0.29, 0.717) is 19.2 Å². The van der Waals surface area contributed by atoms with Crippen molar-refractivity contribution in [1.82, 2.24) is 4.57 Å². The Morgan fingerprint density at radius 2 is 1.88 bits per heavy atom. The van der Waals surface area contributed by atoms with Crippen LogP contribution < -0.4 is 4.90 Å². The first-order valence-corrected chi connectivity index (χ1v) is 11.3. The Hall–Kier alpha value is -2.99. The van der Waals surface area contributed by atoms with E-state index in [4.69, 9.17) is 14.2 Å². The summed E-state index contributed by atoms with van der Waals surface area (Å²) in [5.41, 5.74) is 4.90. The first-order chi connectivity index (χ1) is 15.4. The van der Waals surface area contributed by atoms with Crippen LogP contribution in [0.5, 0.6) is 0 Å². The second-order valence-corrected chi connectivity index (χ2v) is 9.51. The van der Waals surface area contributed by atoms with Gasteiger partial charge in [0, 0.05) is 29.0 Å². The van der Waals surface area contributed by atoms with Crippen molar-refractivity contribution in [3.63, 3.8) is 0 Å². The Morgan fingerprint density at radius 3 is 2.62 bits per heavy atom. The standard InChI is InChI=1S/C26H28N2O4/c1-15(2)28-16(3)9-18(17(28)4)12-27-21-8-6-5-7-19(21)26(25(27)29)13-30-22-11-24-23(10-20(22)26)31-14-32-24/h5-11,15,20,22H,12-14H2,1-4H3. The molecule has 6 rings (SSSR count). The number of anilines is 1. The third-order valence-corrected chi connectivity index (χ3v) is 7.48. The minimum Gasteiger partial charge on any atom is -0.454 e. The number of amides is 1. The lowest BCUT2D eigenvalue weighted by Crippen LogP contribution is -2.46. The van der Waals surface area contributed by atoms with Gasteiger partial charge in [0.05, 0.1) is 19.3 Å². The van der Waals surface area contributed by atoms with Crippen LogP contribution in [0.15, 0.2) is 54.0 Å². The highest BCUT2D eigenvalue weighted by Gasteiger charge is 2.62. The van der Waals surface area contributed by atoms with Gasteiger partial charge in [0.1, 0.15) is 5.41 Å².